The Bertz CT molecular complexity index is 511. The van der Waals surface area contributed by atoms with Crippen LogP contribution in [0.4, 0.5) is 0 Å². The lowest BCUT2D eigenvalue weighted by Gasteiger charge is -2.35. The van der Waals surface area contributed by atoms with Crippen molar-refractivity contribution in [1.29, 1.82) is 0 Å². The van der Waals surface area contributed by atoms with Crippen LogP contribution in [0.2, 0.25) is 5.02 Å². The molecule has 1 unspecified atom stereocenters. The van der Waals surface area contributed by atoms with E-state index in [0.29, 0.717) is 17.5 Å². The van der Waals surface area contributed by atoms with E-state index in [1.165, 1.54) is 0 Å². The van der Waals surface area contributed by atoms with Crippen molar-refractivity contribution in [3.63, 3.8) is 0 Å². The van der Waals surface area contributed by atoms with Crippen molar-refractivity contribution in [2.24, 2.45) is 5.92 Å². The Morgan fingerprint density at radius 3 is 2.53 bits per heavy atom. The molecular formula is C14H15ClN2O2. The largest absolute Gasteiger partial charge is 0.345 e. The highest BCUT2D eigenvalue weighted by molar-refractivity contribution is 6.30. The third-order valence-corrected chi connectivity index (χ3v) is 3.93. The molecule has 1 aromatic rings. The first-order valence-electron chi connectivity index (χ1n) is 6.47. The van der Waals surface area contributed by atoms with Crippen LogP contribution in [0.5, 0.6) is 0 Å². The molecule has 1 N–H and O–H groups in total. The maximum Gasteiger partial charge on any atom is 0.243 e. The Balaban J connectivity index is 1.81. The fraction of sp³-hybridized carbons (Fsp3) is 0.429. The van der Waals surface area contributed by atoms with Crippen LogP contribution in [0.3, 0.4) is 0 Å². The van der Waals surface area contributed by atoms with Gasteiger partial charge in [-0.25, -0.2) is 0 Å². The molecule has 1 aromatic carbocycles. The van der Waals surface area contributed by atoms with Crippen molar-refractivity contribution < 1.29 is 9.59 Å². The zero-order valence-electron chi connectivity index (χ0n) is 10.4. The van der Waals surface area contributed by atoms with Crippen LogP contribution in [-0.2, 0) is 16.1 Å². The summed E-state index contributed by atoms with van der Waals surface area (Å²) in [6.45, 7) is 0.584. The van der Waals surface area contributed by atoms with Crippen molar-refractivity contribution in [2.75, 3.05) is 6.54 Å². The number of nitrogens with one attached hydrogen (secondary N) is 1. The number of amides is 2. The molecule has 3 rings (SSSR count). The maximum absolute atomic E-state index is 12.0. The summed E-state index contributed by atoms with van der Waals surface area (Å²) in [6.07, 6.45) is 2.06. The van der Waals surface area contributed by atoms with Gasteiger partial charge >= 0.3 is 0 Å². The summed E-state index contributed by atoms with van der Waals surface area (Å²) < 4.78 is 0. The molecule has 0 radical (unpaired) electrons. The van der Waals surface area contributed by atoms with E-state index < -0.39 is 0 Å². The standard InChI is InChI=1S/C14H15ClN2O2/c15-11-5-1-9(2-6-11)8-17-12(18)7-16-14(19)13(17)10-3-4-10/h1-2,5-6,10,13H,3-4,7-8H2,(H,16,19). The topological polar surface area (TPSA) is 49.4 Å². The van der Waals surface area contributed by atoms with Gasteiger partial charge in [-0.2, -0.15) is 0 Å². The van der Waals surface area contributed by atoms with Gasteiger partial charge in [0.05, 0.1) is 6.54 Å². The summed E-state index contributed by atoms with van der Waals surface area (Å²) >= 11 is 5.85. The average Bonchev–Trinajstić information content (AvgIpc) is 3.21. The van der Waals surface area contributed by atoms with Gasteiger partial charge in [0.1, 0.15) is 6.04 Å². The third-order valence-electron chi connectivity index (χ3n) is 3.67. The molecule has 1 saturated heterocycles. The van der Waals surface area contributed by atoms with E-state index in [2.05, 4.69) is 5.32 Å². The van der Waals surface area contributed by atoms with E-state index in [1.807, 2.05) is 12.1 Å². The SMILES string of the molecule is O=C1NCC(=O)N(Cc2ccc(Cl)cc2)C1C1CC1. The molecule has 0 aromatic heterocycles. The molecule has 2 amide bonds. The Morgan fingerprint density at radius 2 is 1.89 bits per heavy atom. The van der Waals surface area contributed by atoms with Crippen molar-refractivity contribution >= 4 is 23.4 Å². The lowest BCUT2D eigenvalue weighted by molar-refractivity contribution is -0.147. The van der Waals surface area contributed by atoms with Gasteiger partial charge in [0.2, 0.25) is 11.8 Å². The van der Waals surface area contributed by atoms with Gasteiger partial charge in [0.15, 0.2) is 0 Å². The number of carbonyl (C=O) groups excluding carboxylic acids is 2. The minimum Gasteiger partial charge on any atom is -0.345 e. The zero-order valence-corrected chi connectivity index (χ0v) is 11.2. The molecule has 1 aliphatic heterocycles. The van der Waals surface area contributed by atoms with Gasteiger partial charge < -0.3 is 10.2 Å². The number of nitrogens with zero attached hydrogens (tertiary/aromatic N) is 1. The van der Waals surface area contributed by atoms with Crippen LogP contribution in [0.25, 0.3) is 0 Å². The predicted molar refractivity (Wildman–Crippen MR) is 71.5 cm³/mol. The second kappa shape index (κ2) is 4.85. The van der Waals surface area contributed by atoms with E-state index in [9.17, 15) is 9.59 Å². The molecular weight excluding hydrogens is 264 g/mol. The van der Waals surface area contributed by atoms with Crippen LogP contribution in [0.1, 0.15) is 18.4 Å². The van der Waals surface area contributed by atoms with E-state index in [0.717, 1.165) is 18.4 Å². The molecule has 19 heavy (non-hydrogen) atoms. The Kier molecular flexibility index (Phi) is 3.19. The molecule has 0 spiro atoms. The van der Waals surface area contributed by atoms with Crippen LogP contribution in [0, 0.1) is 5.92 Å². The quantitative estimate of drug-likeness (QED) is 0.913. The zero-order chi connectivity index (χ0) is 13.4. The summed E-state index contributed by atoms with van der Waals surface area (Å²) in [5, 5.41) is 3.35. The van der Waals surface area contributed by atoms with Crippen molar-refractivity contribution in [1.82, 2.24) is 10.2 Å². The molecule has 1 saturated carbocycles. The summed E-state index contributed by atoms with van der Waals surface area (Å²) in [6, 6.07) is 7.10. The van der Waals surface area contributed by atoms with Gasteiger partial charge in [0.25, 0.3) is 0 Å². The summed E-state index contributed by atoms with van der Waals surface area (Å²) in [4.78, 5) is 25.7. The minimum atomic E-state index is -0.295. The Hall–Kier alpha value is -1.55. The van der Waals surface area contributed by atoms with E-state index >= 15 is 0 Å². The highest BCUT2D eigenvalue weighted by Crippen LogP contribution is 2.37. The van der Waals surface area contributed by atoms with Gasteiger partial charge in [-0.15, -0.1) is 0 Å². The summed E-state index contributed by atoms with van der Waals surface area (Å²) in [7, 11) is 0. The molecule has 5 heteroatoms. The van der Waals surface area contributed by atoms with E-state index in [4.69, 9.17) is 11.6 Å². The molecule has 1 atom stereocenters. The van der Waals surface area contributed by atoms with Gasteiger partial charge in [-0.3, -0.25) is 9.59 Å². The maximum atomic E-state index is 12.0. The average molecular weight is 279 g/mol. The molecule has 0 bridgehead atoms. The lowest BCUT2D eigenvalue weighted by Crippen LogP contribution is -2.58. The third kappa shape index (κ3) is 2.59. The first kappa shape index (κ1) is 12.5. The first-order chi connectivity index (χ1) is 9.15. The number of rotatable bonds is 3. The fourth-order valence-electron chi connectivity index (χ4n) is 2.52. The Morgan fingerprint density at radius 1 is 1.21 bits per heavy atom. The van der Waals surface area contributed by atoms with Crippen LogP contribution < -0.4 is 5.32 Å². The number of piperazine rings is 1. The number of hydrogen-bond acceptors (Lipinski definition) is 2. The monoisotopic (exact) mass is 278 g/mol. The highest BCUT2D eigenvalue weighted by Gasteiger charge is 2.44. The van der Waals surface area contributed by atoms with Crippen molar-refractivity contribution in [3.05, 3.63) is 34.9 Å². The normalized spacial score (nSPS) is 23.4. The number of benzene rings is 1. The van der Waals surface area contributed by atoms with Crippen molar-refractivity contribution in [2.45, 2.75) is 25.4 Å². The van der Waals surface area contributed by atoms with Crippen LogP contribution in [0.15, 0.2) is 24.3 Å². The molecule has 1 aliphatic carbocycles. The molecule has 100 valence electrons. The van der Waals surface area contributed by atoms with E-state index in [1.54, 1.807) is 17.0 Å². The second-order valence-corrected chi connectivity index (χ2v) is 5.58. The van der Waals surface area contributed by atoms with Crippen LogP contribution in [-0.4, -0.2) is 29.3 Å². The summed E-state index contributed by atoms with van der Waals surface area (Å²) in [5.41, 5.74) is 0.998. The van der Waals surface area contributed by atoms with Gasteiger partial charge in [-0.05, 0) is 36.5 Å². The van der Waals surface area contributed by atoms with E-state index in [-0.39, 0.29) is 24.4 Å². The van der Waals surface area contributed by atoms with Crippen molar-refractivity contribution in [3.8, 4) is 0 Å². The predicted octanol–water partition coefficient (Wildman–Crippen LogP) is 1.58. The fourth-order valence-corrected chi connectivity index (χ4v) is 2.65. The minimum absolute atomic E-state index is 0.00792. The second-order valence-electron chi connectivity index (χ2n) is 5.15. The number of halogens is 1. The molecule has 4 nitrogen and oxygen atoms in total. The first-order valence-corrected chi connectivity index (χ1v) is 6.84. The Labute approximate surface area is 116 Å². The highest BCUT2D eigenvalue weighted by atomic mass is 35.5. The number of hydrogen-bond donors (Lipinski definition) is 1. The smallest absolute Gasteiger partial charge is 0.243 e. The molecule has 2 fully saturated rings. The van der Waals surface area contributed by atoms with Gasteiger partial charge in [0, 0.05) is 11.6 Å². The molecule has 1 heterocycles. The number of carbonyl (C=O) groups is 2. The van der Waals surface area contributed by atoms with Gasteiger partial charge in [-0.1, -0.05) is 23.7 Å². The summed E-state index contributed by atoms with van der Waals surface area (Å²) in [5.74, 6) is 0.305. The van der Waals surface area contributed by atoms with Crippen LogP contribution >= 0.6 is 11.6 Å². The molecule has 2 aliphatic rings. The lowest BCUT2D eigenvalue weighted by atomic mass is 10.1.